The van der Waals surface area contributed by atoms with Crippen molar-refractivity contribution in [3.63, 3.8) is 0 Å². The zero-order valence-electron chi connectivity index (χ0n) is 10.5. The molecule has 3 heteroatoms. The number of rotatable bonds is 3. The third-order valence-electron chi connectivity index (χ3n) is 3.92. The van der Waals surface area contributed by atoms with Crippen molar-refractivity contribution < 1.29 is 4.79 Å². The Morgan fingerprint density at radius 1 is 1.19 bits per heavy atom. The molecule has 1 atom stereocenters. The van der Waals surface area contributed by atoms with Crippen LogP contribution in [0.25, 0.3) is 0 Å². The minimum atomic E-state index is -0.00886. The topological polar surface area (TPSA) is 41.1 Å². The molecule has 2 aliphatic rings. The summed E-state index contributed by atoms with van der Waals surface area (Å²) >= 11 is 0. The molecule has 2 rings (SSSR count). The van der Waals surface area contributed by atoms with E-state index in [1.54, 1.807) is 0 Å². The molecule has 0 aromatic heterocycles. The van der Waals surface area contributed by atoms with Gasteiger partial charge in [0.2, 0.25) is 5.91 Å². The summed E-state index contributed by atoms with van der Waals surface area (Å²) in [7, 11) is 0. The van der Waals surface area contributed by atoms with Crippen LogP contribution in [0.2, 0.25) is 0 Å². The second-order valence-corrected chi connectivity index (χ2v) is 5.84. The highest BCUT2D eigenvalue weighted by molar-refractivity contribution is 5.82. The number of carbonyl (C=O) groups is 1. The Morgan fingerprint density at radius 2 is 1.94 bits per heavy atom. The van der Waals surface area contributed by atoms with Crippen LogP contribution in [-0.4, -0.2) is 24.0 Å². The molecule has 2 N–H and O–H groups in total. The molecule has 2 fully saturated rings. The lowest BCUT2D eigenvalue weighted by molar-refractivity contribution is -0.125. The molecule has 3 nitrogen and oxygen atoms in total. The third kappa shape index (κ3) is 2.97. The van der Waals surface area contributed by atoms with Crippen LogP contribution in [0.4, 0.5) is 0 Å². The number of nitrogens with one attached hydrogen (secondary N) is 2. The van der Waals surface area contributed by atoms with E-state index in [1.807, 2.05) is 0 Å². The van der Waals surface area contributed by atoms with E-state index in [1.165, 1.54) is 32.1 Å². The van der Waals surface area contributed by atoms with Gasteiger partial charge in [-0.05, 0) is 52.0 Å². The predicted octanol–water partition coefficient (Wildman–Crippen LogP) is 1.82. The van der Waals surface area contributed by atoms with E-state index in [0.29, 0.717) is 5.92 Å². The number of hydrogen-bond acceptors (Lipinski definition) is 2. The Morgan fingerprint density at radius 3 is 2.62 bits per heavy atom. The van der Waals surface area contributed by atoms with Crippen LogP contribution in [-0.2, 0) is 4.79 Å². The molecule has 16 heavy (non-hydrogen) atoms. The van der Waals surface area contributed by atoms with E-state index < -0.39 is 0 Å². The van der Waals surface area contributed by atoms with Crippen molar-refractivity contribution in [2.75, 3.05) is 6.54 Å². The second-order valence-electron chi connectivity index (χ2n) is 5.84. The van der Waals surface area contributed by atoms with Gasteiger partial charge in [-0.15, -0.1) is 0 Å². The molecule has 0 aromatic rings. The number of carbonyl (C=O) groups excluding carboxylic acids is 1. The Balaban J connectivity index is 1.85. The minimum absolute atomic E-state index is 0.00886. The maximum absolute atomic E-state index is 12.1. The molecule has 1 heterocycles. The van der Waals surface area contributed by atoms with Crippen molar-refractivity contribution in [1.82, 2.24) is 10.6 Å². The van der Waals surface area contributed by atoms with E-state index in [2.05, 4.69) is 24.5 Å². The maximum atomic E-state index is 12.1. The molecule has 0 radical (unpaired) electrons. The van der Waals surface area contributed by atoms with Gasteiger partial charge in [0.15, 0.2) is 0 Å². The molecule has 1 saturated carbocycles. The Hall–Kier alpha value is -0.570. The molecule has 0 aromatic carbocycles. The van der Waals surface area contributed by atoms with Crippen molar-refractivity contribution in [1.29, 1.82) is 0 Å². The lowest BCUT2D eigenvalue weighted by atomic mass is 9.97. The number of hydrogen-bond donors (Lipinski definition) is 2. The smallest absolute Gasteiger partial charge is 0.237 e. The molecular formula is C13H24N2O. The zero-order valence-corrected chi connectivity index (χ0v) is 10.5. The summed E-state index contributed by atoms with van der Waals surface area (Å²) in [6.45, 7) is 5.29. The van der Waals surface area contributed by atoms with Gasteiger partial charge in [0.25, 0.3) is 0 Å². The van der Waals surface area contributed by atoms with Crippen molar-refractivity contribution in [2.45, 2.75) is 64.0 Å². The fraction of sp³-hybridized carbons (Fsp3) is 0.923. The van der Waals surface area contributed by atoms with Crippen LogP contribution in [0.5, 0.6) is 0 Å². The van der Waals surface area contributed by atoms with E-state index in [9.17, 15) is 4.79 Å². The van der Waals surface area contributed by atoms with Gasteiger partial charge in [-0.2, -0.15) is 0 Å². The lowest BCUT2D eigenvalue weighted by Crippen LogP contribution is -2.52. The third-order valence-corrected chi connectivity index (χ3v) is 3.92. The van der Waals surface area contributed by atoms with E-state index >= 15 is 0 Å². The van der Waals surface area contributed by atoms with Crippen LogP contribution in [0.15, 0.2) is 0 Å². The first-order valence-corrected chi connectivity index (χ1v) is 6.65. The Bertz CT molecular complexity index is 251. The summed E-state index contributed by atoms with van der Waals surface area (Å²) in [5, 5.41) is 6.57. The first-order valence-electron chi connectivity index (χ1n) is 6.65. The SMILES string of the molecule is CC(C)(NC(=O)C1CCCCCN1)C1CC1. The van der Waals surface area contributed by atoms with Crippen LogP contribution in [0.1, 0.15) is 52.4 Å². The normalized spacial score (nSPS) is 27.2. The summed E-state index contributed by atoms with van der Waals surface area (Å²) in [6, 6.07) is 0.0422. The van der Waals surface area contributed by atoms with Crippen LogP contribution >= 0.6 is 0 Å². The van der Waals surface area contributed by atoms with Crippen molar-refractivity contribution >= 4 is 5.91 Å². The highest BCUT2D eigenvalue weighted by Crippen LogP contribution is 2.39. The van der Waals surface area contributed by atoms with Gasteiger partial charge in [0.05, 0.1) is 6.04 Å². The molecule has 1 amide bonds. The minimum Gasteiger partial charge on any atom is -0.350 e. The first kappa shape index (κ1) is 11.9. The Labute approximate surface area is 98.4 Å². The zero-order chi connectivity index (χ0) is 11.6. The predicted molar refractivity (Wildman–Crippen MR) is 65.2 cm³/mol. The largest absolute Gasteiger partial charge is 0.350 e. The van der Waals surface area contributed by atoms with Gasteiger partial charge in [-0.3, -0.25) is 4.79 Å². The van der Waals surface area contributed by atoms with Crippen LogP contribution in [0.3, 0.4) is 0 Å². The maximum Gasteiger partial charge on any atom is 0.237 e. The molecule has 1 aliphatic carbocycles. The Kier molecular flexibility index (Phi) is 3.53. The summed E-state index contributed by atoms with van der Waals surface area (Å²) in [5.41, 5.74) is -0.00886. The fourth-order valence-electron chi connectivity index (χ4n) is 2.56. The number of amides is 1. The molecular weight excluding hydrogens is 200 g/mol. The molecule has 0 bridgehead atoms. The molecule has 0 spiro atoms. The van der Waals surface area contributed by atoms with Gasteiger partial charge in [-0.25, -0.2) is 0 Å². The van der Waals surface area contributed by atoms with Crippen molar-refractivity contribution in [3.8, 4) is 0 Å². The highest BCUT2D eigenvalue weighted by atomic mass is 16.2. The molecule has 1 aliphatic heterocycles. The fourth-order valence-corrected chi connectivity index (χ4v) is 2.56. The van der Waals surface area contributed by atoms with Gasteiger partial charge in [-0.1, -0.05) is 12.8 Å². The standard InChI is InChI=1S/C13H24N2O/c1-13(2,10-7-8-10)15-12(16)11-6-4-3-5-9-14-11/h10-11,14H,3-9H2,1-2H3,(H,15,16). The van der Waals surface area contributed by atoms with Crippen LogP contribution < -0.4 is 10.6 Å². The summed E-state index contributed by atoms with van der Waals surface area (Å²) in [6.07, 6.45) is 7.16. The average Bonchev–Trinajstić information content (AvgIpc) is 3.05. The molecule has 1 unspecified atom stereocenters. The van der Waals surface area contributed by atoms with E-state index in [4.69, 9.17) is 0 Å². The first-order chi connectivity index (χ1) is 7.59. The highest BCUT2D eigenvalue weighted by Gasteiger charge is 2.39. The van der Waals surface area contributed by atoms with Crippen molar-refractivity contribution in [3.05, 3.63) is 0 Å². The summed E-state index contributed by atoms with van der Waals surface area (Å²) in [5.74, 6) is 0.904. The van der Waals surface area contributed by atoms with E-state index in [-0.39, 0.29) is 17.5 Å². The average molecular weight is 224 g/mol. The van der Waals surface area contributed by atoms with E-state index in [0.717, 1.165) is 13.0 Å². The van der Waals surface area contributed by atoms with Gasteiger partial charge in [0.1, 0.15) is 0 Å². The molecule has 92 valence electrons. The quantitative estimate of drug-likeness (QED) is 0.768. The monoisotopic (exact) mass is 224 g/mol. The molecule has 1 saturated heterocycles. The van der Waals surface area contributed by atoms with Gasteiger partial charge >= 0.3 is 0 Å². The summed E-state index contributed by atoms with van der Waals surface area (Å²) in [4.78, 5) is 12.1. The van der Waals surface area contributed by atoms with Gasteiger partial charge < -0.3 is 10.6 Å². The van der Waals surface area contributed by atoms with Crippen molar-refractivity contribution in [2.24, 2.45) is 5.92 Å². The second kappa shape index (κ2) is 4.74. The lowest BCUT2D eigenvalue weighted by Gasteiger charge is -2.28. The van der Waals surface area contributed by atoms with Crippen LogP contribution in [0, 0.1) is 5.92 Å². The van der Waals surface area contributed by atoms with Gasteiger partial charge in [0, 0.05) is 5.54 Å². The summed E-state index contributed by atoms with van der Waals surface area (Å²) < 4.78 is 0.